The summed E-state index contributed by atoms with van der Waals surface area (Å²) in [5, 5.41) is 64.7. The van der Waals surface area contributed by atoms with Crippen LogP contribution >= 0.6 is 11.8 Å². The van der Waals surface area contributed by atoms with Crippen molar-refractivity contribution in [2.24, 2.45) is 11.5 Å². The Labute approximate surface area is 329 Å². The van der Waals surface area contributed by atoms with E-state index in [0.29, 0.717) is 12.8 Å². The number of carbonyl (C=O) groups excluding carboxylic acids is 4. The van der Waals surface area contributed by atoms with Gasteiger partial charge in [-0.2, -0.15) is 11.8 Å². The molecule has 0 spiro atoms. The van der Waals surface area contributed by atoms with Crippen molar-refractivity contribution < 1.29 is 59.3 Å². The van der Waals surface area contributed by atoms with Crippen LogP contribution in [0, 0.1) is 0 Å². The van der Waals surface area contributed by atoms with E-state index < -0.39 is 85.7 Å². The van der Waals surface area contributed by atoms with Gasteiger partial charge in [0.25, 0.3) is 0 Å². The van der Waals surface area contributed by atoms with Crippen LogP contribution in [-0.2, 0) is 41.6 Å². The summed E-state index contributed by atoms with van der Waals surface area (Å²) in [6.07, 6.45) is -1.34. The molecular formula is C37H56N6O12S. The molecule has 312 valence electrons. The molecule has 14 N–H and O–H groups in total. The minimum Gasteiger partial charge on any atom is -0.480 e. The first-order chi connectivity index (χ1) is 26.7. The molecule has 2 aliphatic rings. The van der Waals surface area contributed by atoms with Gasteiger partial charge in [0.1, 0.15) is 43.0 Å². The average molecular weight is 809 g/mol. The SMILES string of the molecule is CSCC[C@H](N)C(N)=O.O=C(O)CNC(=O)[C@H](Cc1ccccc1)NC(=O)[C@H](Cc1ccccc1)NC(=O)[C@@H]1CCCCN1.OC[C@H]1OC(O)[C@H](O)[C@@H](O)[C@H]1O. The summed E-state index contributed by atoms with van der Waals surface area (Å²) < 4.78 is 4.58. The van der Waals surface area contributed by atoms with Crippen LogP contribution in [0.15, 0.2) is 60.7 Å². The molecule has 0 bridgehead atoms. The van der Waals surface area contributed by atoms with Gasteiger partial charge in [-0.1, -0.05) is 67.1 Å². The van der Waals surface area contributed by atoms with E-state index in [1.54, 1.807) is 11.8 Å². The van der Waals surface area contributed by atoms with Crippen molar-refractivity contribution in [2.75, 3.05) is 31.7 Å². The fourth-order valence-corrected chi connectivity index (χ4v) is 5.98. The van der Waals surface area contributed by atoms with Gasteiger partial charge in [-0.05, 0) is 48.9 Å². The number of carboxylic acid groups (broad SMARTS) is 1. The highest BCUT2D eigenvalue weighted by atomic mass is 32.2. The monoisotopic (exact) mass is 808 g/mol. The Balaban J connectivity index is 0.000000419. The van der Waals surface area contributed by atoms with Crippen molar-refractivity contribution >= 4 is 41.4 Å². The van der Waals surface area contributed by atoms with Crippen LogP contribution in [0.25, 0.3) is 0 Å². The molecule has 0 aliphatic carbocycles. The van der Waals surface area contributed by atoms with Gasteiger partial charge in [0.05, 0.1) is 18.7 Å². The Hall–Kier alpha value is -4.18. The van der Waals surface area contributed by atoms with Gasteiger partial charge >= 0.3 is 5.97 Å². The minimum absolute atomic E-state index is 0.175. The Morgan fingerprint density at radius 1 is 0.857 bits per heavy atom. The molecule has 9 atom stereocenters. The summed E-state index contributed by atoms with van der Waals surface area (Å²) in [6.45, 7) is -0.337. The molecule has 18 nitrogen and oxygen atoms in total. The van der Waals surface area contributed by atoms with E-state index in [4.69, 9.17) is 42.1 Å². The number of nitrogens with two attached hydrogens (primary N) is 2. The molecular weight excluding hydrogens is 753 g/mol. The third-order valence-electron chi connectivity index (χ3n) is 8.74. The van der Waals surface area contributed by atoms with Crippen LogP contribution in [0.4, 0.5) is 0 Å². The standard InChI is InChI=1S/C26H32N4O5.C6H12O6.C5H12N2OS/c31-23(32)17-28-24(33)21(15-18-9-3-1-4-10-18)29-26(35)22(16-19-11-5-2-6-12-19)30-25(34)20-13-7-8-14-27-20;7-1-2-3(8)4(9)5(10)6(11)12-2;1-9-3-2-4(6)5(7)8/h1-6,9-12,20-22,27H,7-8,13-17H2,(H,28,33)(H,29,35)(H,30,34)(H,31,32);2-11H,1H2;4H,2-3,6H2,1H3,(H2,7,8)/t20-,21-,22-;2-,3+,4+,5-,6?;4-/m010/s1. The zero-order valence-corrected chi connectivity index (χ0v) is 32.1. The van der Waals surface area contributed by atoms with E-state index in [2.05, 4.69) is 26.0 Å². The Morgan fingerprint density at radius 2 is 1.43 bits per heavy atom. The van der Waals surface area contributed by atoms with Crippen LogP contribution < -0.4 is 32.7 Å². The fourth-order valence-electron chi connectivity index (χ4n) is 5.49. The highest BCUT2D eigenvalue weighted by molar-refractivity contribution is 7.98. The molecule has 2 saturated heterocycles. The summed E-state index contributed by atoms with van der Waals surface area (Å²) in [5.74, 6) is -2.07. The maximum Gasteiger partial charge on any atom is 0.322 e. The Bertz CT molecular complexity index is 1490. The van der Waals surface area contributed by atoms with Gasteiger partial charge in [-0.25, -0.2) is 0 Å². The predicted octanol–water partition coefficient (Wildman–Crippen LogP) is -2.88. The topological polar surface area (TPSA) is 316 Å². The van der Waals surface area contributed by atoms with Gasteiger partial charge in [0.2, 0.25) is 23.6 Å². The maximum atomic E-state index is 13.4. The van der Waals surface area contributed by atoms with E-state index in [-0.39, 0.29) is 24.8 Å². The van der Waals surface area contributed by atoms with Gasteiger partial charge in [0.15, 0.2) is 6.29 Å². The lowest BCUT2D eigenvalue weighted by atomic mass is 10.00. The third kappa shape index (κ3) is 17.3. The number of primary amides is 1. The van der Waals surface area contributed by atoms with E-state index in [0.717, 1.165) is 36.3 Å². The average Bonchev–Trinajstić information content (AvgIpc) is 3.20. The third-order valence-corrected chi connectivity index (χ3v) is 9.38. The number of rotatable bonds is 16. The summed E-state index contributed by atoms with van der Waals surface area (Å²) in [7, 11) is 0. The summed E-state index contributed by atoms with van der Waals surface area (Å²) in [5.41, 5.74) is 11.9. The first-order valence-corrected chi connectivity index (χ1v) is 19.5. The van der Waals surface area contributed by atoms with Crippen molar-refractivity contribution in [2.45, 2.75) is 93.4 Å². The molecule has 2 heterocycles. The molecule has 2 aromatic carbocycles. The van der Waals surface area contributed by atoms with Crippen LogP contribution in [0.2, 0.25) is 0 Å². The van der Waals surface area contributed by atoms with E-state index >= 15 is 0 Å². The molecule has 0 aromatic heterocycles. The predicted molar refractivity (Wildman–Crippen MR) is 207 cm³/mol. The number of benzene rings is 2. The molecule has 0 saturated carbocycles. The van der Waals surface area contributed by atoms with Crippen LogP contribution in [0.3, 0.4) is 0 Å². The van der Waals surface area contributed by atoms with Gasteiger partial charge in [-0.15, -0.1) is 0 Å². The van der Waals surface area contributed by atoms with Crippen LogP contribution in [0.1, 0.15) is 36.8 Å². The molecule has 2 aliphatic heterocycles. The fraction of sp³-hybridized carbons (Fsp3) is 0.541. The molecule has 4 rings (SSSR count). The second-order valence-corrected chi connectivity index (χ2v) is 14.1. The molecule has 2 aromatic rings. The van der Waals surface area contributed by atoms with Crippen molar-refractivity contribution in [1.29, 1.82) is 0 Å². The van der Waals surface area contributed by atoms with Gasteiger partial charge < -0.3 is 68.1 Å². The molecule has 19 heteroatoms. The number of nitrogens with one attached hydrogen (secondary N) is 4. The van der Waals surface area contributed by atoms with Gasteiger partial charge in [-0.3, -0.25) is 24.0 Å². The zero-order chi connectivity index (χ0) is 41.6. The highest BCUT2D eigenvalue weighted by Crippen LogP contribution is 2.19. The molecule has 2 fully saturated rings. The Morgan fingerprint density at radius 3 is 1.91 bits per heavy atom. The number of thioether (sulfide) groups is 1. The van der Waals surface area contributed by atoms with Crippen LogP contribution in [-0.4, -0.2) is 147 Å². The van der Waals surface area contributed by atoms with E-state index in [9.17, 15) is 24.0 Å². The van der Waals surface area contributed by atoms with Crippen molar-refractivity contribution in [3.63, 3.8) is 0 Å². The zero-order valence-electron chi connectivity index (χ0n) is 31.2. The van der Waals surface area contributed by atoms with Crippen molar-refractivity contribution in [3.05, 3.63) is 71.8 Å². The van der Waals surface area contributed by atoms with Gasteiger partial charge in [0, 0.05) is 12.8 Å². The minimum atomic E-state index is -1.57. The summed E-state index contributed by atoms with van der Waals surface area (Å²) in [6, 6.07) is 15.7. The summed E-state index contributed by atoms with van der Waals surface area (Å²) >= 11 is 1.66. The number of carbonyl (C=O) groups is 5. The number of carboxylic acids is 1. The Kier molecular flexibility index (Phi) is 22.2. The van der Waals surface area contributed by atoms with E-state index in [1.807, 2.05) is 66.9 Å². The second kappa shape index (κ2) is 25.9. The molecule has 1 unspecified atom stereocenters. The lowest BCUT2D eigenvalue weighted by Crippen LogP contribution is -2.58. The van der Waals surface area contributed by atoms with Crippen LogP contribution in [0.5, 0.6) is 0 Å². The number of ether oxygens (including phenoxy) is 1. The maximum absolute atomic E-state index is 13.4. The lowest BCUT2D eigenvalue weighted by Gasteiger charge is -2.37. The quantitative estimate of drug-likeness (QED) is 0.0811. The van der Waals surface area contributed by atoms with Crippen molar-refractivity contribution in [3.8, 4) is 0 Å². The molecule has 4 amide bonds. The first-order valence-electron chi connectivity index (χ1n) is 18.1. The van der Waals surface area contributed by atoms with E-state index in [1.165, 1.54) is 0 Å². The first kappa shape index (κ1) is 48.0. The largest absolute Gasteiger partial charge is 0.480 e. The number of amides is 4. The number of hydrogen-bond donors (Lipinski definition) is 12. The smallest absolute Gasteiger partial charge is 0.322 e. The highest BCUT2D eigenvalue weighted by Gasteiger charge is 2.42. The molecule has 56 heavy (non-hydrogen) atoms. The second-order valence-electron chi connectivity index (χ2n) is 13.1. The number of hydrogen-bond acceptors (Lipinski definition) is 14. The lowest BCUT2D eigenvalue weighted by molar-refractivity contribution is -0.286. The number of aliphatic hydroxyl groups is 5. The molecule has 0 radical (unpaired) electrons. The number of aliphatic hydroxyl groups excluding tert-OH is 5. The van der Waals surface area contributed by atoms with Crippen molar-refractivity contribution in [1.82, 2.24) is 21.3 Å². The summed E-state index contributed by atoms with van der Waals surface area (Å²) in [4.78, 5) is 60.2. The number of aliphatic carboxylic acids is 1. The number of piperidine rings is 1. The normalized spacial score (nSPS) is 23.3.